The Bertz CT molecular complexity index is 469. The summed E-state index contributed by atoms with van der Waals surface area (Å²) in [5, 5.41) is 7.70. The van der Waals surface area contributed by atoms with Crippen LogP contribution in [0.5, 0.6) is 0 Å². The molecule has 17 heavy (non-hydrogen) atoms. The van der Waals surface area contributed by atoms with Gasteiger partial charge in [0, 0.05) is 32.2 Å². The number of anilines is 1. The first-order valence-corrected chi connectivity index (χ1v) is 5.88. The lowest BCUT2D eigenvalue weighted by molar-refractivity contribution is 0.670. The second-order valence-corrected chi connectivity index (χ2v) is 4.63. The van der Waals surface area contributed by atoms with Crippen LogP contribution >= 0.6 is 0 Å². The minimum absolute atomic E-state index is 0.606. The van der Waals surface area contributed by atoms with Gasteiger partial charge in [0.2, 0.25) is 5.95 Å². The Morgan fingerprint density at radius 2 is 2.18 bits per heavy atom. The third-order valence-corrected chi connectivity index (χ3v) is 2.49. The van der Waals surface area contributed by atoms with Gasteiger partial charge in [-0.1, -0.05) is 13.8 Å². The minimum Gasteiger partial charge on any atom is -0.355 e. The number of hydrogen-bond donors (Lipinski definition) is 1. The number of nitrogens with zero attached hydrogens (tertiary/aromatic N) is 4. The summed E-state index contributed by atoms with van der Waals surface area (Å²) in [7, 11) is 1.93. The van der Waals surface area contributed by atoms with Crippen LogP contribution in [-0.4, -0.2) is 25.9 Å². The summed E-state index contributed by atoms with van der Waals surface area (Å²) in [6.07, 6.45) is 5.73. The van der Waals surface area contributed by atoms with E-state index in [4.69, 9.17) is 0 Å². The minimum atomic E-state index is 0.606. The third kappa shape index (κ3) is 3.09. The summed E-state index contributed by atoms with van der Waals surface area (Å²) >= 11 is 0. The van der Waals surface area contributed by atoms with Crippen LogP contribution in [-0.2, 0) is 13.6 Å². The maximum atomic E-state index is 4.36. The van der Waals surface area contributed by atoms with Gasteiger partial charge in [-0.3, -0.25) is 4.68 Å². The van der Waals surface area contributed by atoms with Gasteiger partial charge in [-0.15, -0.1) is 0 Å². The van der Waals surface area contributed by atoms with Crippen molar-refractivity contribution in [3.63, 3.8) is 0 Å². The molecule has 0 radical (unpaired) electrons. The van der Waals surface area contributed by atoms with E-state index >= 15 is 0 Å². The molecule has 2 aromatic rings. The molecule has 0 unspecified atom stereocenters. The van der Waals surface area contributed by atoms with Crippen molar-refractivity contribution in [2.24, 2.45) is 13.0 Å². The average molecular weight is 233 g/mol. The molecule has 92 valence electrons. The predicted molar refractivity (Wildman–Crippen MR) is 67.9 cm³/mol. The van der Waals surface area contributed by atoms with E-state index in [9.17, 15) is 0 Å². The van der Waals surface area contributed by atoms with Gasteiger partial charge < -0.3 is 9.88 Å². The van der Waals surface area contributed by atoms with Crippen LogP contribution < -0.4 is 5.32 Å². The Morgan fingerprint density at radius 3 is 2.82 bits per heavy atom. The fourth-order valence-electron chi connectivity index (χ4n) is 1.62. The number of imidazole rings is 1. The maximum Gasteiger partial charge on any atom is 0.203 e. The summed E-state index contributed by atoms with van der Waals surface area (Å²) in [5.74, 6) is 1.51. The molecule has 0 saturated carbocycles. The largest absolute Gasteiger partial charge is 0.355 e. The zero-order chi connectivity index (χ0) is 12.3. The van der Waals surface area contributed by atoms with Crippen LogP contribution in [0, 0.1) is 5.92 Å². The first kappa shape index (κ1) is 11.7. The van der Waals surface area contributed by atoms with Crippen molar-refractivity contribution in [3.8, 4) is 0 Å². The number of aryl methyl sites for hydroxylation is 1. The molecule has 2 rings (SSSR count). The highest BCUT2D eigenvalue weighted by Crippen LogP contribution is 2.08. The highest BCUT2D eigenvalue weighted by atomic mass is 15.3. The van der Waals surface area contributed by atoms with Gasteiger partial charge in [0.25, 0.3) is 0 Å². The van der Waals surface area contributed by atoms with Crippen LogP contribution in [0.1, 0.15) is 19.5 Å². The van der Waals surface area contributed by atoms with Gasteiger partial charge in [0.05, 0.1) is 12.2 Å². The third-order valence-electron chi connectivity index (χ3n) is 2.49. The summed E-state index contributed by atoms with van der Waals surface area (Å²) in [5.41, 5.74) is 1.04. The first-order valence-electron chi connectivity index (χ1n) is 5.88. The second-order valence-electron chi connectivity index (χ2n) is 4.63. The smallest absolute Gasteiger partial charge is 0.203 e. The molecule has 5 heteroatoms. The van der Waals surface area contributed by atoms with E-state index in [2.05, 4.69) is 33.8 Å². The first-order chi connectivity index (χ1) is 8.15. The van der Waals surface area contributed by atoms with Crippen LogP contribution in [0.15, 0.2) is 24.7 Å². The zero-order valence-electron chi connectivity index (χ0n) is 10.6. The van der Waals surface area contributed by atoms with Crippen LogP contribution in [0.2, 0.25) is 0 Å². The average Bonchev–Trinajstić information content (AvgIpc) is 2.86. The van der Waals surface area contributed by atoms with Gasteiger partial charge in [-0.25, -0.2) is 4.98 Å². The van der Waals surface area contributed by atoms with Gasteiger partial charge in [0.15, 0.2) is 0 Å². The van der Waals surface area contributed by atoms with Crippen LogP contribution in [0.4, 0.5) is 5.95 Å². The zero-order valence-corrected chi connectivity index (χ0v) is 10.6. The number of hydrogen-bond acceptors (Lipinski definition) is 3. The summed E-state index contributed by atoms with van der Waals surface area (Å²) in [6.45, 7) is 6.04. The molecule has 0 spiro atoms. The Labute approximate surface area is 101 Å². The second kappa shape index (κ2) is 5.03. The van der Waals surface area contributed by atoms with Crippen molar-refractivity contribution in [1.29, 1.82) is 0 Å². The molecule has 0 aliphatic heterocycles. The Morgan fingerprint density at radius 1 is 1.35 bits per heavy atom. The summed E-state index contributed by atoms with van der Waals surface area (Å²) in [4.78, 5) is 4.31. The fourth-order valence-corrected chi connectivity index (χ4v) is 1.62. The standard InChI is InChI=1S/C12H19N5/c1-10(2)8-14-12-13-5-7-17(12)9-11-4-6-16(3)15-11/h4-7,10H,8-9H2,1-3H3,(H,13,14). The molecule has 5 nitrogen and oxygen atoms in total. The van der Waals surface area contributed by atoms with Crippen LogP contribution in [0.3, 0.4) is 0 Å². The quantitative estimate of drug-likeness (QED) is 0.855. The lowest BCUT2D eigenvalue weighted by Crippen LogP contribution is -2.13. The Hall–Kier alpha value is -1.78. The van der Waals surface area contributed by atoms with Gasteiger partial charge >= 0.3 is 0 Å². The Kier molecular flexibility index (Phi) is 3.46. The Balaban J connectivity index is 2.03. The maximum absolute atomic E-state index is 4.36. The van der Waals surface area contributed by atoms with Crippen LogP contribution in [0.25, 0.3) is 0 Å². The molecule has 2 aromatic heterocycles. The molecule has 0 atom stereocenters. The van der Waals surface area contributed by atoms with E-state index < -0.39 is 0 Å². The molecule has 0 fully saturated rings. The predicted octanol–water partition coefficient (Wildman–Crippen LogP) is 1.73. The molecule has 0 saturated heterocycles. The van der Waals surface area contributed by atoms with E-state index in [0.29, 0.717) is 5.92 Å². The topological polar surface area (TPSA) is 47.7 Å². The highest BCUT2D eigenvalue weighted by molar-refractivity contribution is 5.26. The van der Waals surface area contributed by atoms with Gasteiger partial charge in [-0.2, -0.15) is 5.10 Å². The molecule has 1 N–H and O–H groups in total. The lowest BCUT2D eigenvalue weighted by Gasteiger charge is -2.10. The summed E-state index contributed by atoms with van der Waals surface area (Å²) in [6, 6.07) is 2.02. The normalized spacial score (nSPS) is 11.1. The molecule has 0 aliphatic rings. The lowest BCUT2D eigenvalue weighted by atomic mass is 10.2. The van der Waals surface area contributed by atoms with E-state index in [1.54, 1.807) is 0 Å². The molecule has 0 aliphatic carbocycles. The highest BCUT2D eigenvalue weighted by Gasteiger charge is 2.05. The van der Waals surface area contributed by atoms with Crippen molar-refractivity contribution in [1.82, 2.24) is 19.3 Å². The monoisotopic (exact) mass is 233 g/mol. The van der Waals surface area contributed by atoms with E-state index in [-0.39, 0.29) is 0 Å². The van der Waals surface area contributed by atoms with Crippen molar-refractivity contribution in [2.45, 2.75) is 20.4 Å². The van der Waals surface area contributed by atoms with Crippen molar-refractivity contribution < 1.29 is 0 Å². The SMILES string of the molecule is CC(C)CNc1nccn1Cc1ccn(C)n1. The number of rotatable bonds is 5. The fraction of sp³-hybridized carbons (Fsp3) is 0.500. The van der Waals surface area contributed by atoms with Crippen molar-refractivity contribution >= 4 is 5.95 Å². The summed E-state index contributed by atoms with van der Waals surface area (Å²) < 4.78 is 3.89. The van der Waals surface area contributed by atoms with E-state index in [1.165, 1.54) is 0 Å². The molecule has 0 bridgehead atoms. The molecule has 0 aromatic carbocycles. The van der Waals surface area contributed by atoms with Gasteiger partial charge in [-0.05, 0) is 12.0 Å². The molecular formula is C12H19N5. The van der Waals surface area contributed by atoms with Gasteiger partial charge in [0.1, 0.15) is 0 Å². The molecule has 0 amide bonds. The number of aromatic nitrogens is 4. The van der Waals surface area contributed by atoms with Crippen molar-refractivity contribution in [2.75, 3.05) is 11.9 Å². The molecular weight excluding hydrogens is 214 g/mol. The van der Waals surface area contributed by atoms with E-state index in [0.717, 1.165) is 24.7 Å². The van der Waals surface area contributed by atoms with Crippen molar-refractivity contribution in [3.05, 3.63) is 30.4 Å². The van der Waals surface area contributed by atoms with E-state index in [1.807, 2.05) is 36.4 Å². The molecule has 2 heterocycles. The number of nitrogens with one attached hydrogen (secondary N) is 1.